The van der Waals surface area contributed by atoms with Crippen LogP contribution in [0.5, 0.6) is 0 Å². The summed E-state index contributed by atoms with van der Waals surface area (Å²) in [5, 5.41) is 5.82. The molecule has 7 heteroatoms. The van der Waals surface area contributed by atoms with E-state index in [-0.39, 0.29) is 11.9 Å². The molecule has 0 aliphatic carbocycles. The number of amides is 1. The van der Waals surface area contributed by atoms with Crippen molar-refractivity contribution in [1.82, 2.24) is 9.55 Å². The van der Waals surface area contributed by atoms with Crippen LogP contribution in [-0.4, -0.2) is 35.6 Å². The normalized spacial score (nSPS) is 19.4. The molecule has 2 atom stereocenters. The number of thiazole rings is 1. The minimum absolute atomic E-state index is 0.103. The molecule has 1 amide bonds. The first-order chi connectivity index (χ1) is 17.7. The van der Waals surface area contributed by atoms with Crippen molar-refractivity contribution >= 4 is 33.8 Å². The maximum atomic E-state index is 13.3. The highest BCUT2D eigenvalue weighted by Crippen LogP contribution is 2.38. The highest BCUT2D eigenvalue weighted by molar-refractivity contribution is 7.14. The summed E-state index contributed by atoms with van der Waals surface area (Å²) >= 11 is 1.51. The van der Waals surface area contributed by atoms with Crippen molar-refractivity contribution in [2.75, 3.05) is 35.3 Å². The average Bonchev–Trinajstić information content (AvgIpc) is 3.67. The zero-order chi connectivity index (χ0) is 24.5. The van der Waals surface area contributed by atoms with Crippen LogP contribution >= 0.6 is 11.3 Å². The van der Waals surface area contributed by atoms with Crippen molar-refractivity contribution in [3.8, 4) is 0 Å². The Kier molecular flexibility index (Phi) is 6.23. The number of hydrogen-bond acceptors (Lipinski definition) is 5. The molecule has 1 saturated heterocycles. The topological polar surface area (TPSA) is 53.4 Å². The summed E-state index contributed by atoms with van der Waals surface area (Å²) in [6, 6.07) is 23.2. The fourth-order valence-corrected chi connectivity index (χ4v) is 6.42. The minimum Gasteiger partial charge on any atom is -0.374 e. The van der Waals surface area contributed by atoms with Gasteiger partial charge in [-0.15, -0.1) is 11.3 Å². The van der Waals surface area contributed by atoms with E-state index in [9.17, 15) is 4.79 Å². The van der Waals surface area contributed by atoms with Gasteiger partial charge < -0.3 is 14.4 Å². The van der Waals surface area contributed by atoms with Gasteiger partial charge in [-0.25, -0.2) is 4.98 Å². The molecule has 0 spiro atoms. The quantitative estimate of drug-likeness (QED) is 0.347. The van der Waals surface area contributed by atoms with Gasteiger partial charge in [0.2, 0.25) is 0 Å². The lowest BCUT2D eigenvalue weighted by Crippen LogP contribution is -2.29. The number of carbonyl (C=O) groups is 1. The van der Waals surface area contributed by atoms with Gasteiger partial charge in [0.15, 0.2) is 5.13 Å². The van der Waals surface area contributed by atoms with Gasteiger partial charge in [-0.2, -0.15) is 0 Å². The Bertz CT molecular complexity index is 1350. The number of hydrogen-bond donors (Lipinski definition) is 1. The van der Waals surface area contributed by atoms with Crippen LogP contribution < -0.4 is 15.1 Å². The summed E-state index contributed by atoms with van der Waals surface area (Å²) in [5.74, 6) is 0.280. The van der Waals surface area contributed by atoms with Crippen molar-refractivity contribution in [2.24, 2.45) is 0 Å². The number of carbonyl (C=O) groups excluding carboxylic acids is 1. The van der Waals surface area contributed by atoms with Gasteiger partial charge in [-0.3, -0.25) is 10.1 Å². The summed E-state index contributed by atoms with van der Waals surface area (Å²) in [7, 11) is 2.15. The van der Waals surface area contributed by atoms with Gasteiger partial charge in [0, 0.05) is 55.6 Å². The highest BCUT2D eigenvalue weighted by Gasteiger charge is 2.29. The van der Waals surface area contributed by atoms with Crippen molar-refractivity contribution < 1.29 is 4.79 Å². The molecular weight excluding hydrogens is 466 g/mol. The van der Waals surface area contributed by atoms with Crippen LogP contribution in [0.4, 0.5) is 16.5 Å². The third-order valence-electron chi connectivity index (χ3n) is 7.50. The van der Waals surface area contributed by atoms with Gasteiger partial charge in [0.25, 0.3) is 5.91 Å². The molecule has 2 aromatic carbocycles. The maximum Gasteiger partial charge on any atom is 0.274 e. The van der Waals surface area contributed by atoms with Gasteiger partial charge in [-0.05, 0) is 55.2 Å². The second kappa shape index (κ2) is 9.82. The Morgan fingerprint density at radius 2 is 1.86 bits per heavy atom. The molecule has 0 radical (unpaired) electrons. The standard InChI is InChI=1S/C29H31N5OS/c1-32-18-15-21(23-11-5-6-12-25(23)32)19-33-16-7-14-27(33)28(35)31-29-30-24(20-36-29)26-13-8-17-34(26)22-9-3-2-4-10-22/h2-7,9-12,14,16,20-21,26H,8,13,15,17-19H2,1H3,(H,30,31,35)/t21?,26-/m1/s1. The lowest BCUT2D eigenvalue weighted by molar-refractivity contribution is 0.101. The van der Waals surface area contributed by atoms with Crippen LogP contribution in [0.1, 0.15) is 53.0 Å². The van der Waals surface area contributed by atoms with E-state index in [0.717, 1.165) is 44.6 Å². The molecule has 6 rings (SSSR count). The SMILES string of the molecule is CN1CCC(Cn2cccc2C(=O)Nc2nc([C@H]3CCCN3c3ccccc3)cs2)c2ccccc21. The second-order valence-electron chi connectivity index (χ2n) is 9.73. The number of fused-ring (bicyclic) bond motifs is 1. The van der Waals surface area contributed by atoms with E-state index in [1.165, 1.54) is 28.3 Å². The van der Waals surface area contributed by atoms with Crippen LogP contribution in [0.3, 0.4) is 0 Å². The molecule has 36 heavy (non-hydrogen) atoms. The summed E-state index contributed by atoms with van der Waals surface area (Å²) in [5.41, 5.74) is 5.59. The zero-order valence-electron chi connectivity index (χ0n) is 20.5. The molecule has 0 saturated carbocycles. The smallest absolute Gasteiger partial charge is 0.274 e. The fraction of sp³-hybridized carbons (Fsp3) is 0.310. The number of nitrogens with one attached hydrogen (secondary N) is 1. The minimum atomic E-state index is -0.103. The van der Waals surface area contributed by atoms with Crippen molar-refractivity contribution in [2.45, 2.75) is 37.8 Å². The predicted molar refractivity (Wildman–Crippen MR) is 147 cm³/mol. The Labute approximate surface area is 216 Å². The zero-order valence-corrected chi connectivity index (χ0v) is 21.3. The van der Waals surface area contributed by atoms with Gasteiger partial charge in [0.05, 0.1) is 11.7 Å². The molecule has 0 bridgehead atoms. The van der Waals surface area contributed by atoms with E-state index in [1.807, 2.05) is 24.4 Å². The summed E-state index contributed by atoms with van der Waals surface area (Å²) in [4.78, 5) is 22.8. The molecular formula is C29H31N5OS. The molecule has 2 aromatic heterocycles. The molecule has 2 aliphatic heterocycles. The molecule has 1 fully saturated rings. The van der Waals surface area contributed by atoms with Crippen molar-refractivity contribution in [3.63, 3.8) is 0 Å². The number of benzene rings is 2. The van der Waals surface area contributed by atoms with Gasteiger partial charge in [-0.1, -0.05) is 36.4 Å². The second-order valence-corrected chi connectivity index (χ2v) is 10.6. The van der Waals surface area contributed by atoms with Crippen LogP contribution in [0.15, 0.2) is 78.3 Å². The first-order valence-corrected chi connectivity index (χ1v) is 13.6. The summed E-state index contributed by atoms with van der Waals surface area (Å²) in [6.07, 6.45) is 5.31. The number of aromatic nitrogens is 2. The number of anilines is 3. The van der Waals surface area contributed by atoms with E-state index in [2.05, 4.69) is 80.6 Å². The molecule has 1 N–H and O–H groups in total. The summed E-state index contributed by atoms with van der Waals surface area (Å²) in [6.45, 7) is 2.84. The molecule has 4 heterocycles. The van der Waals surface area contributed by atoms with Crippen LogP contribution in [-0.2, 0) is 6.54 Å². The number of para-hydroxylation sites is 2. The largest absolute Gasteiger partial charge is 0.374 e. The number of nitrogens with zero attached hydrogens (tertiary/aromatic N) is 4. The third kappa shape index (κ3) is 4.39. The lowest BCUT2D eigenvalue weighted by atomic mass is 9.90. The van der Waals surface area contributed by atoms with Gasteiger partial charge >= 0.3 is 0 Å². The van der Waals surface area contributed by atoms with E-state index in [0.29, 0.717) is 16.7 Å². The first kappa shape index (κ1) is 22.9. The molecule has 4 aromatic rings. The number of rotatable bonds is 6. The Balaban J connectivity index is 1.16. The van der Waals surface area contributed by atoms with Gasteiger partial charge in [0.1, 0.15) is 5.69 Å². The highest BCUT2D eigenvalue weighted by atomic mass is 32.1. The van der Waals surface area contributed by atoms with E-state index in [4.69, 9.17) is 4.98 Å². The van der Waals surface area contributed by atoms with Crippen molar-refractivity contribution in [3.05, 3.63) is 95.3 Å². The van der Waals surface area contributed by atoms with E-state index >= 15 is 0 Å². The molecule has 184 valence electrons. The van der Waals surface area contributed by atoms with E-state index < -0.39 is 0 Å². The maximum absolute atomic E-state index is 13.3. The first-order valence-electron chi connectivity index (χ1n) is 12.7. The Hall–Kier alpha value is -3.58. The fourth-order valence-electron chi connectivity index (χ4n) is 5.67. The Morgan fingerprint density at radius 1 is 1.03 bits per heavy atom. The van der Waals surface area contributed by atoms with Crippen LogP contribution in [0.2, 0.25) is 0 Å². The Morgan fingerprint density at radius 3 is 2.75 bits per heavy atom. The summed E-state index contributed by atoms with van der Waals surface area (Å²) < 4.78 is 2.09. The average molecular weight is 498 g/mol. The molecule has 1 unspecified atom stereocenters. The lowest BCUT2D eigenvalue weighted by Gasteiger charge is -2.33. The van der Waals surface area contributed by atoms with E-state index in [1.54, 1.807) is 0 Å². The monoisotopic (exact) mass is 497 g/mol. The third-order valence-corrected chi connectivity index (χ3v) is 8.28. The van der Waals surface area contributed by atoms with Crippen LogP contribution in [0.25, 0.3) is 0 Å². The molecule has 6 nitrogen and oxygen atoms in total. The van der Waals surface area contributed by atoms with Crippen LogP contribution in [0, 0.1) is 0 Å². The molecule has 2 aliphatic rings. The predicted octanol–water partition coefficient (Wildman–Crippen LogP) is 6.16. The van der Waals surface area contributed by atoms with Crippen molar-refractivity contribution in [1.29, 1.82) is 0 Å².